The van der Waals surface area contributed by atoms with Crippen LogP contribution in [-0.4, -0.2) is 40.6 Å². The minimum Gasteiger partial charge on any atom is -0.493 e. The van der Waals surface area contributed by atoms with Crippen LogP contribution in [0, 0.1) is 12.8 Å². The quantitative estimate of drug-likeness (QED) is 0.926. The summed E-state index contributed by atoms with van der Waals surface area (Å²) in [5, 5.41) is 9.50. The maximum atomic E-state index is 11.9. The Morgan fingerprint density at radius 2 is 2.17 bits per heavy atom. The number of fused-ring (bicyclic) bond motifs is 1. The molecule has 0 aliphatic carbocycles. The summed E-state index contributed by atoms with van der Waals surface area (Å²) in [5.74, 6) is -0.0644. The van der Waals surface area contributed by atoms with Crippen LogP contribution in [0.1, 0.15) is 38.7 Å². The molecular formula is C18H25NO4. The largest absolute Gasteiger partial charge is 0.493 e. The fraction of sp³-hybridized carbons (Fsp3) is 0.556. The van der Waals surface area contributed by atoms with Crippen LogP contribution < -0.4 is 4.74 Å². The fourth-order valence-corrected chi connectivity index (χ4v) is 3.45. The number of carboxylic acid groups (broad SMARTS) is 1. The zero-order chi connectivity index (χ0) is 17.0. The Morgan fingerprint density at radius 3 is 2.78 bits per heavy atom. The van der Waals surface area contributed by atoms with Gasteiger partial charge in [0.2, 0.25) is 5.91 Å². The Morgan fingerprint density at radius 1 is 1.43 bits per heavy atom. The molecule has 0 radical (unpaired) electrons. The molecule has 2 fully saturated rings. The third kappa shape index (κ3) is 3.33. The van der Waals surface area contributed by atoms with Gasteiger partial charge < -0.3 is 14.7 Å². The summed E-state index contributed by atoms with van der Waals surface area (Å²) in [6.07, 6.45) is 1.25. The van der Waals surface area contributed by atoms with E-state index < -0.39 is 11.5 Å². The minimum atomic E-state index is -0.988. The van der Waals surface area contributed by atoms with Crippen molar-refractivity contribution >= 4 is 11.9 Å². The van der Waals surface area contributed by atoms with Crippen molar-refractivity contribution in [3.8, 4) is 5.75 Å². The highest BCUT2D eigenvalue weighted by molar-refractivity contribution is 5.91. The second-order valence-corrected chi connectivity index (χ2v) is 6.04. The molecule has 1 aromatic carbocycles. The summed E-state index contributed by atoms with van der Waals surface area (Å²) < 4.78 is 5.77. The van der Waals surface area contributed by atoms with Crippen LogP contribution in [0.2, 0.25) is 0 Å². The number of amides is 1. The number of benzene rings is 1. The predicted octanol–water partition coefficient (Wildman–Crippen LogP) is 2.87. The van der Waals surface area contributed by atoms with Crippen molar-refractivity contribution in [2.75, 3.05) is 13.2 Å². The summed E-state index contributed by atoms with van der Waals surface area (Å²) in [5.41, 5.74) is 0.134. The van der Waals surface area contributed by atoms with E-state index in [0.717, 1.165) is 11.3 Å². The standard InChI is InChI=1S/C16H19NO4.C2H6/c1-11-3-2-4-13(7-11)21-10-12-8-16(15(19)20)6-5-14(18)17(16)9-12;1-2/h2-4,7,12H,5-6,8-10H2,1H3,(H,19,20);1-2H3. The first kappa shape index (κ1) is 17.3. The molecule has 5 nitrogen and oxygen atoms in total. The maximum absolute atomic E-state index is 11.9. The number of hydrogen-bond acceptors (Lipinski definition) is 3. The first-order valence-electron chi connectivity index (χ1n) is 8.24. The van der Waals surface area contributed by atoms with Crippen LogP contribution in [0.15, 0.2) is 24.3 Å². The molecule has 0 saturated carbocycles. The number of ether oxygens (including phenoxy) is 1. The van der Waals surface area contributed by atoms with Gasteiger partial charge in [0.15, 0.2) is 0 Å². The Bertz CT molecular complexity index is 586. The van der Waals surface area contributed by atoms with Gasteiger partial charge in [0.25, 0.3) is 0 Å². The smallest absolute Gasteiger partial charge is 0.329 e. The topological polar surface area (TPSA) is 66.8 Å². The van der Waals surface area contributed by atoms with Crippen LogP contribution in [0.3, 0.4) is 0 Å². The first-order valence-corrected chi connectivity index (χ1v) is 8.24. The lowest BCUT2D eigenvalue weighted by atomic mass is 9.90. The van der Waals surface area contributed by atoms with Gasteiger partial charge in [0.1, 0.15) is 11.3 Å². The molecule has 1 amide bonds. The molecule has 2 heterocycles. The van der Waals surface area contributed by atoms with Gasteiger partial charge in [-0.15, -0.1) is 0 Å². The van der Waals surface area contributed by atoms with Crippen LogP contribution in [-0.2, 0) is 9.59 Å². The van der Waals surface area contributed by atoms with Crippen molar-refractivity contribution in [1.82, 2.24) is 4.90 Å². The summed E-state index contributed by atoms with van der Waals surface area (Å²) >= 11 is 0. The molecule has 126 valence electrons. The van der Waals surface area contributed by atoms with Gasteiger partial charge in [0.05, 0.1) is 6.61 Å². The second-order valence-electron chi connectivity index (χ2n) is 6.04. The molecule has 2 aliphatic rings. The van der Waals surface area contributed by atoms with Crippen molar-refractivity contribution in [3.05, 3.63) is 29.8 Å². The minimum absolute atomic E-state index is 0.0459. The molecule has 1 N–H and O–H groups in total. The highest BCUT2D eigenvalue weighted by atomic mass is 16.5. The van der Waals surface area contributed by atoms with Crippen LogP contribution >= 0.6 is 0 Å². The average Bonchev–Trinajstić information content (AvgIpc) is 3.06. The Kier molecular flexibility index (Phi) is 5.29. The lowest BCUT2D eigenvalue weighted by Crippen LogP contribution is -2.47. The number of hydrogen-bond donors (Lipinski definition) is 1. The van der Waals surface area contributed by atoms with E-state index in [9.17, 15) is 14.7 Å². The van der Waals surface area contributed by atoms with E-state index in [-0.39, 0.29) is 11.8 Å². The van der Waals surface area contributed by atoms with E-state index in [1.165, 1.54) is 0 Å². The van der Waals surface area contributed by atoms with Gasteiger partial charge in [-0.05, 0) is 37.5 Å². The molecular weight excluding hydrogens is 294 g/mol. The van der Waals surface area contributed by atoms with Gasteiger partial charge in [-0.3, -0.25) is 4.79 Å². The molecule has 5 heteroatoms. The number of aliphatic carboxylic acids is 1. The van der Waals surface area contributed by atoms with Crippen molar-refractivity contribution in [1.29, 1.82) is 0 Å². The molecule has 1 aromatic rings. The van der Waals surface area contributed by atoms with Gasteiger partial charge in [0, 0.05) is 18.9 Å². The number of rotatable bonds is 4. The van der Waals surface area contributed by atoms with Gasteiger partial charge in [-0.25, -0.2) is 4.79 Å². The van der Waals surface area contributed by atoms with Crippen molar-refractivity contribution in [2.24, 2.45) is 5.92 Å². The zero-order valence-electron chi connectivity index (χ0n) is 14.0. The predicted molar refractivity (Wildman–Crippen MR) is 87.4 cm³/mol. The molecule has 3 rings (SSSR count). The van der Waals surface area contributed by atoms with E-state index in [1.807, 2.05) is 45.0 Å². The Balaban J connectivity index is 0.000000924. The molecule has 2 aliphatic heterocycles. The van der Waals surface area contributed by atoms with E-state index in [0.29, 0.717) is 32.4 Å². The number of aryl methyl sites for hydroxylation is 1. The molecule has 2 saturated heterocycles. The van der Waals surface area contributed by atoms with E-state index in [4.69, 9.17) is 4.74 Å². The van der Waals surface area contributed by atoms with Crippen LogP contribution in [0.5, 0.6) is 5.75 Å². The van der Waals surface area contributed by atoms with Gasteiger partial charge in [-0.1, -0.05) is 26.0 Å². The Hall–Kier alpha value is -2.04. The summed E-state index contributed by atoms with van der Waals surface area (Å²) in [6.45, 7) is 6.93. The molecule has 23 heavy (non-hydrogen) atoms. The van der Waals surface area contributed by atoms with Crippen molar-refractivity contribution in [3.63, 3.8) is 0 Å². The van der Waals surface area contributed by atoms with Gasteiger partial charge in [-0.2, -0.15) is 0 Å². The summed E-state index contributed by atoms with van der Waals surface area (Å²) in [6, 6.07) is 7.77. The van der Waals surface area contributed by atoms with Crippen LogP contribution in [0.4, 0.5) is 0 Å². The second kappa shape index (κ2) is 7.02. The maximum Gasteiger partial charge on any atom is 0.329 e. The number of carbonyl (C=O) groups is 2. The zero-order valence-corrected chi connectivity index (χ0v) is 14.0. The monoisotopic (exact) mass is 319 g/mol. The molecule has 0 bridgehead atoms. The van der Waals surface area contributed by atoms with Crippen LogP contribution in [0.25, 0.3) is 0 Å². The average molecular weight is 319 g/mol. The number of nitrogens with zero attached hydrogens (tertiary/aromatic N) is 1. The fourth-order valence-electron chi connectivity index (χ4n) is 3.45. The normalized spacial score (nSPS) is 25.6. The van der Waals surface area contributed by atoms with Crippen molar-refractivity contribution in [2.45, 2.75) is 45.6 Å². The SMILES string of the molecule is CC.Cc1cccc(OCC2CN3C(=O)CCC3(C(=O)O)C2)c1. The van der Waals surface area contributed by atoms with Gasteiger partial charge >= 0.3 is 5.97 Å². The molecule has 0 spiro atoms. The lowest BCUT2D eigenvalue weighted by Gasteiger charge is -2.26. The van der Waals surface area contributed by atoms with E-state index >= 15 is 0 Å². The highest BCUT2D eigenvalue weighted by Crippen LogP contribution is 2.42. The number of carboxylic acids is 1. The molecule has 2 atom stereocenters. The van der Waals surface area contributed by atoms with E-state index in [1.54, 1.807) is 4.90 Å². The molecule has 2 unspecified atom stereocenters. The van der Waals surface area contributed by atoms with E-state index in [2.05, 4.69) is 0 Å². The highest BCUT2D eigenvalue weighted by Gasteiger charge is 2.57. The Labute approximate surface area is 137 Å². The third-order valence-corrected chi connectivity index (χ3v) is 4.51. The molecule has 0 aromatic heterocycles. The summed E-state index contributed by atoms with van der Waals surface area (Å²) in [7, 11) is 0. The third-order valence-electron chi connectivity index (χ3n) is 4.51. The van der Waals surface area contributed by atoms with Crippen molar-refractivity contribution < 1.29 is 19.4 Å². The lowest BCUT2D eigenvalue weighted by molar-refractivity contribution is -0.151. The number of carbonyl (C=O) groups excluding carboxylic acids is 1. The summed E-state index contributed by atoms with van der Waals surface area (Å²) in [4.78, 5) is 25.0. The first-order chi connectivity index (χ1) is 11.0.